The highest BCUT2D eigenvalue weighted by atomic mass is 35.5. The van der Waals surface area contributed by atoms with Gasteiger partial charge in [0.2, 0.25) is 0 Å². The molecule has 4 aromatic rings. The maximum absolute atomic E-state index is 13.3. The zero-order valence-corrected chi connectivity index (χ0v) is 20.6. The van der Waals surface area contributed by atoms with Crippen LogP contribution in [0.3, 0.4) is 0 Å². The minimum atomic E-state index is -4.30. The van der Waals surface area contributed by atoms with E-state index in [4.69, 9.17) is 23.2 Å². The Morgan fingerprint density at radius 1 is 1.06 bits per heavy atom. The molecule has 0 saturated heterocycles. The van der Waals surface area contributed by atoms with Crippen LogP contribution in [0.1, 0.15) is 0 Å². The van der Waals surface area contributed by atoms with Gasteiger partial charge in [0.05, 0.1) is 26.9 Å². The molecule has 176 valence electrons. The van der Waals surface area contributed by atoms with Gasteiger partial charge < -0.3 is 5.11 Å². The van der Waals surface area contributed by atoms with Crippen LogP contribution >= 0.6 is 23.2 Å². The van der Waals surface area contributed by atoms with E-state index in [0.717, 1.165) is 4.31 Å². The number of aliphatic carboxylic acids is 1. The highest BCUT2D eigenvalue weighted by Crippen LogP contribution is 2.31. The number of carboxylic acids is 1. The Hall–Kier alpha value is -2.99. The van der Waals surface area contributed by atoms with Crippen molar-refractivity contribution in [3.05, 3.63) is 70.8 Å². The summed E-state index contributed by atoms with van der Waals surface area (Å²) in [6.45, 7) is -0.806. The van der Waals surface area contributed by atoms with Gasteiger partial charge in [-0.1, -0.05) is 23.2 Å². The van der Waals surface area contributed by atoms with Crippen molar-refractivity contribution in [3.8, 4) is 5.82 Å². The van der Waals surface area contributed by atoms with Crippen molar-refractivity contribution in [1.82, 2.24) is 14.8 Å². The molecule has 2 heterocycles. The Balaban J connectivity index is 1.78. The number of fused-ring (bicyclic) bond motifs is 1. The molecule has 0 aliphatic heterocycles. The highest BCUT2D eigenvalue weighted by Gasteiger charge is 2.28. The summed E-state index contributed by atoms with van der Waals surface area (Å²) in [6.07, 6.45) is 3.22. The number of carboxylic acid groups (broad SMARTS) is 1. The number of hydrogen-bond acceptors (Lipinski definition) is 6. The lowest BCUT2D eigenvalue weighted by atomic mass is 10.2. The lowest BCUT2D eigenvalue weighted by Gasteiger charge is -2.23. The average molecular weight is 539 g/mol. The summed E-state index contributed by atoms with van der Waals surface area (Å²) in [6, 6.07) is 13.5. The second kappa shape index (κ2) is 9.34. The summed E-state index contributed by atoms with van der Waals surface area (Å²) >= 11 is 11.9. The number of rotatable bonds is 7. The lowest BCUT2D eigenvalue weighted by Crippen LogP contribution is -2.35. The third-order valence-corrected chi connectivity index (χ3v) is 7.83. The fraction of sp³-hybridized carbons (Fsp3) is 0.0952. The molecule has 1 unspecified atom stereocenters. The fourth-order valence-electron chi connectivity index (χ4n) is 3.32. The first kappa shape index (κ1) is 24.1. The van der Waals surface area contributed by atoms with E-state index in [2.05, 4.69) is 10.2 Å². The van der Waals surface area contributed by atoms with Crippen LogP contribution in [0.25, 0.3) is 16.7 Å². The molecule has 0 spiro atoms. The predicted octanol–water partition coefficient (Wildman–Crippen LogP) is 3.74. The van der Waals surface area contributed by atoms with E-state index < -0.39 is 33.3 Å². The van der Waals surface area contributed by atoms with Crippen molar-refractivity contribution >= 4 is 66.6 Å². The van der Waals surface area contributed by atoms with Crippen LogP contribution in [0.15, 0.2) is 70.7 Å². The Bertz CT molecular complexity index is 1520. The quantitative estimate of drug-likeness (QED) is 0.380. The third kappa shape index (κ3) is 4.78. The maximum atomic E-state index is 13.3. The molecule has 0 aliphatic carbocycles. The Morgan fingerprint density at radius 2 is 1.76 bits per heavy atom. The van der Waals surface area contributed by atoms with Crippen molar-refractivity contribution in [2.24, 2.45) is 0 Å². The smallest absolute Gasteiger partial charge is 0.324 e. The zero-order valence-electron chi connectivity index (χ0n) is 17.4. The van der Waals surface area contributed by atoms with Crippen LogP contribution in [0.4, 0.5) is 5.69 Å². The molecule has 0 radical (unpaired) electrons. The SMILES string of the molecule is CS(=O)c1ccc(-n2ccc3cc(N(CC(=O)O)S(=O)(=O)c4cc(Cl)cc(Cl)c4)ccc32)nn1. The van der Waals surface area contributed by atoms with Crippen LogP contribution in [-0.2, 0) is 25.6 Å². The Labute approximate surface area is 207 Å². The standard InChI is InChI=1S/C21H16Cl2N4O5S2/c1-33(30)20-5-4-19(24-25-20)26-7-6-13-8-16(2-3-18(13)26)27(12-21(28)29)34(31,32)17-10-14(22)9-15(23)11-17/h2-11H,12H2,1H3,(H,28,29). The van der Waals surface area contributed by atoms with Crippen LogP contribution in [0.5, 0.6) is 0 Å². The first-order valence-electron chi connectivity index (χ1n) is 9.55. The van der Waals surface area contributed by atoms with Crippen molar-refractivity contribution in [1.29, 1.82) is 0 Å². The van der Waals surface area contributed by atoms with E-state index in [1.165, 1.54) is 30.5 Å². The molecule has 0 bridgehead atoms. The van der Waals surface area contributed by atoms with Gasteiger partial charge in [0.25, 0.3) is 10.0 Å². The van der Waals surface area contributed by atoms with Crippen LogP contribution in [0, 0.1) is 0 Å². The molecular weight excluding hydrogens is 523 g/mol. The van der Waals surface area contributed by atoms with Gasteiger partial charge in [0, 0.05) is 27.9 Å². The maximum Gasteiger partial charge on any atom is 0.324 e. The van der Waals surface area contributed by atoms with Gasteiger partial charge in [0.1, 0.15) is 11.6 Å². The van der Waals surface area contributed by atoms with Gasteiger partial charge in [-0.25, -0.2) is 8.42 Å². The van der Waals surface area contributed by atoms with Gasteiger partial charge >= 0.3 is 5.97 Å². The minimum absolute atomic E-state index is 0.105. The van der Waals surface area contributed by atoms with Crippen LogP contribution < -0.4 is 4.31 Å². The zero-order chi connectivity index (χ0) is 24.6. The molecule has 9 nitrogen and oxygen atoms in total. The second-order valence-corrected chi connectivity index (χ2v) is 11.2. The molecule has 4 rings (SSSR count). The lowest BCUT2D eigenvalue weighted by molar-refractivity contribution is -0.135. The second-order valence-electron chi connectivity index (χ2n) is 7.12. The molecule has 0 saturated carbocycles. The summed E-state index contributed by atoms with van der Waals surface area (Å²) in [5, 5.41) is 18.6. The normalized spacial score (nSPS) is 12.6. The number of hydrogen-bond donors (Lipinski definition) is 1. The number of nitrogens with zero attached hydrogens (tertiary/aromatic N) is 4. The van der Waals surface area contributed by atoms with E-state index in [9.17, 15) is 22.5 Å². The number of sulfonamides is 1. The predicted molar refractivity (Wildman–Crippen MR) is 130 cm³/mol. The molecule has 13 heteroatoms. The summed E-state index contributed by atoms with van der Waals surface area (Å²) < 4.78 is 40.7. The van der Waals surface area contributed by atoms with Gasteiger partial charge in [-0.3, -0.25) is 17.9 Å². The van der Waals surface area contributed by atoms with Gasteiger partial charge in [-0.2, -0.15) is 0 Å². The van der Waals surface area contributed by atoms with E-state index in [1.54, 1.807) is 41.1 Å². The van der Waals surface area contributed by atoms with Gasteiger partial charge in [0.15, 0.2) is 5.82 Å². The van der Waals surface area contributed by atoms with Crippen LogP contribution in [0.2, 0.25) is 10.0 Å². The van der Waals surface area contributed by atoms with Crippen LogP contribution in [-0.4, -0.2) is 51.3 Å². The number of benzene rings is 2. The number of anilines is 1. The summed E-state index contributed by atoms with van der Waals surface area (Å²) in [4.78, 5) is 11.3. The largest absolute Gasteiger partial charge is 0.480 e. The van der Waals surface area contributed by atoms with Crippen molar-refractivity contribution in [2.75, 3.05) is 17.1 Å². The van der Waals surface area contributed by atoms with E-state index in [0.29, 0.717) is 21.7 Å². The van der Waals surface area contributed by atoms with Crippen molar-refractivity contribution in [2.45, 2.75) is 9.92 Å². The number of aromatic nitrogens is 3. The van der Waals surface area contributed by atoms with Crippen molar-refractivity contribution in [3.63, 3.8) is 0 Å². The molecule has 34 heavy (non-hydrogen) atoms. The Morgan fingerprint density at radius 3 is 2.35 bits per heavy atom. The fourth-order valence-corrected chi connectivity index (χ4v) is 5.87. The molecule has 0 amide bonds. The number of halogens is 2. The topological polar surface area (TPSA) is 122 Å². The van der Waals surface area contributed by atoms with E-state index >= 15 is 0 Å². The summed E-state index contributed by atoms with van der Waals surface area (Å²) in [7, 11) is -5.56. The monoisotopic (exact) mass is 538 g/mol. The highest BCUT2D eigenvalue weighted by molar-refractivity contribution is 7.92. The summed E-state index contributed by atoms with van der Waals surface area (Å²) in [5.74, 6) is -0.862. The van der Waals surface area contributed by atoms with Crippen molar-refractivity contribution < 1.29 is 22.5 Å². The first-order chi connectivity index (χ1) is 16.1. The Kier molecular flexibility index (Phi) is 6.63. The third-order valence-electron chi connectivity index (χ3n) is 4.83. The first-order valence-corrected chi connectivity index (χ1v) is 13.3. The van der Waals surface area contributed by atoms with E-state index in [-0.39, 0.29) is 20.6 Å². The molecule has 1 N–H and O–H groups in total. The average Bonchev–Trinajstić information content (AvgIpc) is 3.20. The molecular formula is C21H16Cl2N4O5S2. The van der Waals surface area contributed by atoms with Gasteiger partial charge in [-0.15, -0.1) is 10.2 Å². The molecule has 2 aromatic heterocycles. The van der Waals surface area contributed by atoms with E-state index in [1.807, 2.05) is 0 Å². The molecule has 0 aliphatic rings. The minimum Gasteiger partial charge on any atom is -0.480 e. The molecule has 2 aromatic carbocycles. The van der Waals surface area contributed by atoms with Gasteiger partial charge in [-0.05, 0) is 54.6 Å². The molecule has 0 fully saturated rings. The summed E-state index contributed by atoms with van der Waals surface area (Å²) in [5.41, 5.74) is 0.827. The number of carbonyl (C=O) groups is 1. The molecule has 1 atom stereocenters.